The van der Waals surface area contributed by atoms with E-state index in [0.717, 1.165) is 16.6 Å². The fraction of sp³-hybridized carbons (Fsp3) is 0.105. The van der Waals surface area contributed by atoms with E-state index >= 15 is 0 Å². The number of allylic oxidation sites excluding steroid dienone is 1. The summed E-state index contributed by atoms with van der Waals surface area (Å²) in [5.74, 6) is -0.167. The van der Waals surface area contributed by atoms with Crippen LogP contribution in [0.1, 0.15) is 21.7 Å². The Morgan fingerprint density at radius 1 is 0.957 bits per heavy atom. The first-order valence-electron chi connectivity index (χ1n) is 7.48. The second kappa shape index (κ2) is 5.32. The Bertz CT molecular complexity index is 947. The maximum Gasteiger partial charge on any atom is 0.190 e. The summed E-state index contributed by atoms with van der Waals surface area (Å²) in [6, 6.07) is 14.6. The van der Waals surface area contributed by atoms with Gasteiger partial charge in [0.1, 0.15) is 11.4 Å². The van der Waals surface area contributed by atoms with E-state index in [0.29, 0.717) is 17.8 Å². The summed E-state index contributed by atoms with van der Waals surface area (Å²) in [6.45, 7) is 0. The third kappa shape index (κ3) is 2.38. The Hall–Kier alpha value is -3.01. The maximum atomic E-state index is 12.7. The molecule has 23 heavy (non-hydrogen) atoms. The van der Waals surface area contributed by atoms with Gasteiger partial charge in [-0.2, -0.15) is 0 Å². The molecule has 0 amide bonds. The lowest BCUT2D eigenvalue weighted by Crippen LogP contribution is -2.21. The van der Waals surface area contributed by atoms with Crippen molar-refractivity contribution >= 4 is 22.9 Å². The van der Waals surface area contributed by atoms with Crippen molar-refractivity contribution in [2.75, 3.05) is 0 Å². The largest absolute Gasteiger partial charge is 0.508 e. The number of ketones is 1. The molecule has 0 radical (unpaired) electrons. The second-order valence-electron chi connectivity index (χ2n) is 5.61. The van der Waals surface area contributed by atoms with E-state index < -0.39 is 0 Å². The highest BCUT2D eigenvalue weighted by molar-refractivity contribution is 6.03. The monoisotopic (exact) mass is 302 g/mol. The molecule has 0 bridgehead atoms. The SMILES string of the molecule is O=C1c2nc3ccccc3nc2C=CC1Cc1ccccc1O. The predicted molar refractivity (Wildman–Crippen MR) is 88.2 cm³/mol. The van der Waals surface area contributed by atoms with Gasteiger partial charge in [-0.3, -0.25) is 4.79 Å². The molecule has 0 fully saturated rings. The van der Waals surface area contributed by atoms with E-state index in [-0.39, 0.29) is 17.5 Å². The molecule has 0 spiro atoms. The molecule has 1 atom stereocenters. The topological polar surface area (TPSA) is 63.1 Å². The van der Waals surface area contributed by atoms with Crippen molar-refractivity contribution in [3.05, 3.63) is 71.6 Å². The normalized spacial score (nSPS) is 16.5. The van der Waals surface area contributed by atoms with Gasteiger partial charge in [-0.1, -0.05) is 36.4 Å². The summed E-state index contributed by atoms with van der Waals surface area (Å²) in [5.41, 5.74) is 3.28. The zero-order valence-electron chi connectivity index (χ0n) is 12.3. The molecule has 1 N–H and O–H groups in total. The number of hydrogen-bond acceptors (Lipinski definition) is 4. The van der Waals surface area contributed by atoms with Gasteiger partial charge >= 0.3 is 0 Å². The molecule has 2 aromatic carbocycles. The zero-order valence-corrected chi connectivity index (χ0v) is 12.3. The number of nitrogens with zero attached hydrogens (tertiary/aromatic N) is 2. The minimum atomic E-state index is -0.328. The fourth-order valence-electron chi connectivity index (χ4n) is 2.86. The van der Waals surface area contributed by atoms with Crippen LogP contribution < -0.4 is 0 Å². The smallest absolute Gasteiger partial charge is 0.190 e. The number of carbonyl (C=O) groups excluding carboxylic acids is 1. The number of Topliss-reactive ketones (excluding diaryl/α,β-unsaturated/α-hetero) is 1. The van der Waals surface area contributed by atoms with Crippen LogP contribution in [0.15, 0.2) is 54.6 Å². The summed E-state index contributed by atoms with van der Waals surface area (Å²) in [5, 5.41) is 9.90. The molecule has 4 heteroatoms. The van der Waals surface area contributed by atoms with E-state index in [9.17, 15) is 9.90 Å². The molecule has 3 aromatic rings. The summed E-state index contributed by atoms with van der Waals surface area (Å²) < 4.78 is 0. The van der Waals surface area contributed by atoms with Gasteiger partial charge in [0, 0.05) is 5.92 Å². The third-order valence-electron chi connectivity index (χ3n) is 4.09. The quantitative estimate of drug-likeness (QED) is 0.788. The van der Waals surface area contributed by atoms with Crippen molar-refractivity contribution in [3.8, 4) is 5.75 Å². The van der Waals surface area contributed by atoms with Gasteiger partial charge in [0.2, 0.25) is 0 Å². The number of hydrogen-bond donors (Lipinski definition) is 1. The van der Waals surface area contributed by atoms with Crippen molar-refractivity contribution < 1.29 is 9.90 Å². The van der Waals surface area contributed by atoms with Crippen LogP contribution in [0.4, 0.5) is 0 Å². The zero-order chi connectivity index (χ0) is 15.8. The van der Waals surface area contributed by atoms with Gasteiger partial charge in [-0.25, -0.2) is 9.97 Å². The summed E-state index contributed by atoms with van der Waals surface area (Å²) in [7, 11) is 0. The van der Waals surface area contributed by atoms with E-state index in [1.165, 1.54) is 0 Å². The summed E-state index contributed by atoms with van der Waals surface area (Å²) >= 11 is 0. The van der Waals surface area contributed by atoms with Gasteiger partial charge in [0.05, 0.1) is 16.7 Å². The number of rotatable bonds is 2. The standard InChI is InChI=1S/C19H14N2O2/c22-17-8-4-1-5-12(17)11-13-9-10-16-18(19(13)23)21-15-7-3-2-6-14(15)20-16/h1-10,13,22H,11H2. The molecule has 1 unspecified atom stereocenters. The van der Waals surface area contributed by atoms with E-state index in [4.69, 9.17) is 0 Å². The Morgan fingerprint density at radius 2 is 1.65 bits per heavy atom. The molecular weight excluding hydrogens is 288 g/mol. The molecular formula is C19H14N2O2. The van der Waals surface area contributed by atoms with Crippen LogP contribution in [0.25, 0.3) is 17.1 Å². The summed E-state index contributed by atoms with van der Waals surface area (Å²) in [6.07, 6.45) is 4.15. The van der Waals surface area contributed by atoms with Gasteiger partial charge in [0.15, 0.2) is 5.78 Å². The first-order valence-corrected chi connectivity index (χ1v) is 7.48. The highest BCUT2D eigenvalue weighted by Crippen LogP contribution is 2.27. The summed E-state index contributed by atoms with van der Waals surface area (Å²) in [4.78, 5) is 21.7. The van der Waals surface area contributed by atoms with Crippen molar-refractivity contribution in [1.29, 1.82) is 0 Å². The van der Waals surface area contributed by atoms with Crippen molar-refractivity contribution in [1.82, 2.24) is 9.97 Å². The number of aromatic hydroxyl groups is 1. The van der Waals surface area contributed by atoms with Gasteiger partial charge < -0.3 is 5.11 Å². The second-order valence-corrected chi connectivity index (χ2v) is 5.61. The van der Waals surface area contributed by atoms with Crippen LogP contribution in [0.5, 0.6) is 5.75 Å². The minimum Gasteiger partial charge on any atom is -0.508 e. The predicted octanol–water partition coefficient (Wildman–Crippen LogP) is 3.40. The van der Waals surface area contributed by atoms with Crippen LogP contribution >= 0.6 is 0 Å². The number of phenols is 1. The molecule has 1 aliphatic carbocycles. The average Bonchev–Trinajstić information content (AvgIpc) is 2.58. The Balaban J connectivity index is 1.72. The Labute approximate surface area is 133 Å². The number of benzene rings is 2. The molecule has 4 rings (SSSR count). The van der Waals surface area contributed by atoms with Gasteiger partial charge in [-0.05, 0) is 36.3 Å². The van der Waals surface area contributed by atoms with Crippen LogP contribution in [0, 0.1) is 5.92 Å². The van der Waals surface area contributed by atoms with Gasteiger partial charge in [-0.15, -0.1) is 0 Å². The van der Waals surface area contributed by atoms with Crippen molar-refractivity contribution in [2.45, 2.75) is 6.42 Å². The van der Waals surface area contributed by atoms with Crippen LogP contribution in [-0.4, -0.2) is 20.9 Å². The minimum absolute atomic E-state index is 0.0518. The lowest BCUT2D eigenvalue weighted by molar-refractivity contribution is 0.0937. The molecule has 0 saturated heterocycles. The number of phenolic OH excluding ortho intramolecular Hbond substituents is 1. The van der Waals surface area contributed by atoms with Crippen LogP contribution in [-0.2, 0) is 6.42 Å². The molecule has 4 nitrogen and oxygen atoms in total. The van der Waals surface area contributed by atoms with Gasteiger partial charge in [0.25, 0.3) is 0 Å². The first kappa shape index (κ1) is 13.6. The number of carbonyl (C=O) groups is 1. The van der Waals surface area contributed by atoms with Crippen LogP contribution in [0.3, 0.4) is 0 Å². The molecule has 0 aliphatic heterocycles. The van der Waals surface area contributed by atoms with Crippen molar-refractivity contribution in [3.63, 3.8) is 0 Å². The fourth-order valence-corrected chi connectivity index (χ4v) is 2.86. The highest BCUT2D eigenvalue weighted by Gasteiger charge is 2.27. The highest BCUT2D eigenvalue weighted by atomic mass is 16.3. The van der Waals surface area contributed by atoms with Crippen LogP contribution in [0.2, 0.25) is 0 Å². The molecule has 112 valence electrons. The first-order chi connectivity index (χ1) is 11.2. The Morgan fingerprint density at radius 3 is 2.43 bits per heavy atom. The Kier molecular flexibility index (Phi) is 3.15. The third-order valence-corrected chi connectivity index (χ3v) is 4.09. The molecule has 0 saturated carbocycles. The maximum absolute atomic E-state index is 12.7. The number of aromatic nitrogens is 2. The average molecular weight is 302 g/mol. The van der Waals surface area contributed by atoms with E-state index in [1.54, 1.807) is 12.1 Å². The number of para-hydroxylation sites is 3. The lowest BCUT2D eigenvalue weighted by atomic mass is 9.88. The van der Waals surface area contributed by atoms with E-state index in [2.05, 4.69) is 9.97 Å². The number of fused-ring (bicyclic) bond motifs is 2. The van der Waals surface area contributed by atoms with E-state index in [1.807, 2.05) is 48.6 Å². The molecule has 1 aromatic heterocycles. The molecule has 1 heterocycles. The van der Waals surface area contributed by atoms with Crippen molar-refractivity contribution in [2.24, 2.45) is 5.92 Å². The lowest BCUT2D eigenvalue weighted by Gasteiger charge is -2.18. The molecule has 1 aliphatic rings.